The van der Waals surface area contributed by atoms with Crippen molar-refractivity contribution >= 4 is 21.8 Å². The molecule has 1 fully saturated rings. The summed E-state index contributed by atoms with van der Waals surface area (Å²) in [6, 6.07) is 0. The molecule has 0 atom stereocenters. The number of carbonyl (C=O) groups is 1. The minimum Gasteiger partial charge on any atom is -0.355 e. The van der Waals surface area contributed by atoms with Crippen molar-refractivity contribution in [3.63, 3.8) is 0 Å². The lowest BCUT2D eigenvalue weighted by molar-refractivity contribution is -0.130. The molecule has 0 radical (unpaired) electrons. The van der Waals surface area contributed by atoms with E-state index in [2.05, 4.69) is 42.0 Å². The van der Waals surface area contributed by atoms with E-state index in [1.165, 1.54) is 19.3 Å². The Hall–Kier alpha value is -0.0500. The molecule has 0 aromatic rings. The maximum atomic E-state index is 12.2. The highest BCUT2D eigenvalue weighted by molar-refractivity contribution is 9.09. The van der Waals surface area contributed by atoms with Gasteiger partial charge in [-0.1, -0.05) is 49.5 Å². The van der Waals surface area contributed by atoms with Gasteiger partial charge in [-0.3, -0.25) is 4.79 Å². The second-order valence-electron chi connectivity index (χ2n) is 6.41. The molecule has 0 unspecified atom stereocenters. The van der Waals surface area contributed by atoms with Crippen molar-refractivity contribution in [2.75, 3.05) is 11.9 Å². The molecule has 1 aliphatic rings. The van der Waals surface area contributed by atoms with Crippen LogP contribution in [0.3, 0.4) is 0 Å². The normalized spacial score (nSPS) is 19.3. The van der Waals surface area contributed by atoms with Crippen LogP contribution in [0.15, 0.2) is 0 Å². The third-order valence-corrected chi connectivity index (χ3v) is 4.53. The van der Waals surface area contributed by atoms with Crippen molar-refractivity contribution in [1.29, 1.82) is 0 Å². The van der Waals surface area contributed by atoms with Gasteiger partial charge in [-0.15, -0.1) is 0 Å². The zero-order chi connectivity index (χ0) is 12.9. The van der Waals surface area contributed by atoms with Crippen molar-refractivity contribution in [3.05, 3.63) is 0 Å². The van der Waals surface area contributed by atoms with Crippen LogP contribution >= 0.6 is 15.9 Å². The van der Waals surface area contributed by atoms with Crippen LogP contribution in [0.1, 0.15) is 59.3 Å². The van der Waals surface area contributed by atoms with Crippen molar-refractivity contribution in [2.24, 2.45) is 10.8 Å². The van der Waals surface area contributed by atoms with Crippen molar-refractivity contribution in [1.82, 2.24) is 5.32 Å². The van der Waals surface area contributed by atoms with Crippen molar-refractivity contribution < 1.29 is 4.79 Å². The van der Waals surface area contributed by atoms with Gasteiger partial charge in [0, 0.05) is 17.3 Å². The second kappa shape index (κ2) is 6.21. The topological polar surface area (TPSA) is 29.1 Å². The molecular formula is C14H26BrNO. The molecule has 0 heterocycles. The molecule has 0 aromatic carbocycles. The molecule has 2 nitrogen and oxygen atoms in total. The Morgan fingerprint density at radius 3 is 2.47 bits per heavy atom. The summed E-state index contributed by atoms with van der Waals surface area (Å²) in [4.78, 5) is 12.2. The van der Waals surface area contributed by atoms with Crippen LogP contribution in [0.5, 0.6) is 0 Å². The van der Waals surface area contributed by atoms with Crippen molar-refractivity contribution in [3.8, 4) is 0 Å². The fourth-order valence-corrected chi connectivity index (χ4v) is 2.83. The lowest BCUT2D eigenvalue weighted by Gasteiger charge is -2.28. The molecule has 1 aliphatic carbocycles. The summed E-state index contributed by atoms with van der Waals surface area (Å²) < 4.78 is 0. The SMILES string of the molecule is CC(C)(CCCBr)CNC(=O)C1(C)CCCC1. The summed E-state index contributed by atoms with van der Waals surface area (Å²) in [6.45, 7) is 7.37. The Labute approximate surface area is 114 Å². The molecule has 100 valence electrons. The van der Waals surface area contributed by atoms with E-state index in [0.717, 1.165) is 31.1 Å². The quantitative estimate of drug-likeness (QED) is 0.741. The van der Waals surface area contributed by atoms with E-state index in [-0.39, 0.29) is 16.7 Å². The highest BCUT2D eigenvalue weighted by atomic mass is 79.9. The third-order valence-electron chi connectivity index (χ3n) is 3.97. The number of carbonyl (C=O) groups excluding carboxylic acids is 1. The van der Waals surface area contributed by atoms with Crippen LogP contribution in [0, 0.1) is 10.8 Å². The maximum Gasteiger partial charge on any atom is 0.225 e. The minimum absolute atomic E-state index is 0.0918. The van der Waals surface area contributed by atoms with Crippen LogP contribution in [-0.2, 0) is 4.79 Å². The summed E-state index contributed by atoms with van der Waals surface area (Å²) in [5.74, 6) is 0.266. The Morgan fingerprint density at radius 2 is 1.94 bits per heavy atom. The standard InChI is InChI=1S/C14H26BrNO/c1-13(2,7-6-10-15)11-16-12(17)14(3)8-4-5-9-14/h4-11H2,1-3H3,(H,16,17). The molecule has 0 spiro atoms. The predicted octanol–water partition coefficient (Wildman–Crippen LogP) is 3.88. The highest BCUT2D eigenvalue weighted by Gasteiger charge is 2.36. The molecule has 0 bridgehead atoms. The van der Waals surface area contributed by atoms with Gasteiger partial charge >= 0.3 is 0 Å². The first-order chi connectivity index (χ1) is 7.90. The van der Waals surface area contributed by atoms with Gasteiger partial charge in [0.15, 0.2) is 0 Å². The van der Waals surface area contributed by atoms with Gasteiger partial charge in [0.05, 0.1) is 0 Å². The van der Waals surface area contributed by atoms with E-state index >= 15 is 0 Å². The molecular weight excluding hydrogens is 278 g/mol. The average molecular weight is 304 g/mol. The Balaban J connectivity index is 2.36. The monoisotopic (exact) mass is 303 g/mol. The summed E-state index contributed by atoms with van der Waals surface area (Å²) >= 11 is 3.46. The molecule has 0 aliphatic heterocycles. The van der Waals surface area contributed by atoms with Crippen LogP contribution in [0.25, 0.3) is 0 Å². The molecule has 1 N–H and O–H groups in total. The summed E-state index contributed by atoms with van der Waals surface area (Å²) in [5.41, 5.74) is 0.115. The van der Waals surface area contributed by atoms with Gasteiger partial charge in [0.1, 0.15) is 0 Å². The van der Waals surface area contributed by atoms with Crippen LogP contribution in [0.4, 0.5) is 0 Å². The van der Waals surface area contributed by atoms with E-state index in [4.69, 9.17) is 0 Å². The van der Waals surface area contributed by atoms with Gasteiger partial charge in [0.25, 0.3) is 0 Å². The first kappa shape index (κ1) is 15.0. The predicted molar refractivity (Wildman–Crippen MR) is 76.4 cm³/mol. The summed E-state index contributed by atoms with van der Waals surface area (Å²) in [5, 5.41) is 4.20. The maximum absolute atomic E-state index is 12.2. The molecule has 0 aromatic heterocycles. The van der Waals surface area contributed by atoms with Gasteiger partial charge in [-0.2, -0.15) is 0 Å². The summed E-state index contributed by atoms with van der Waals surface area (Å²) in [7, 11) is 0. The van der Waals surface area contributed by atoms with Gasteiger partial charge in [-0.05, 0) is 31.1 Å². The fourth-order valence-electron chi connectivity index (χ4n) is 2.55. The van der Waals surface area contributed by atoms with Crippen LogP contribution in [0.2, 0.25) is 0 Å². The minimum atomic E-state index is -0.0918. The number of halogens is 1. The number of hydrogen-bond donors (Lipinski definition) is 1. The number of amides is 1. The average Bonchev–Trinajstić information content (AvgIpc) is 2.72. The van der Waals surface area contributed by atoms with E-state index in [0.29, 0.717) is 0 Å². The first-order valence-electron chi connectivity index (χ1n) is 6.74. The van der Waals surface area contributed by atoms with Gasteiger partial charge < -0.3 is 5.32 Å². The third kappa shape index (κ3) is 4.61. The van der Waals surface area contributed by atoms with E-state index in [1.807, 2.05) is 0 Å². The molecule has 1 saturated carbocycles. The van der Waals surface area contributed by atoms with Gasteiger partial charge in [0.2, 0.25) is 5.91 Å². The second-order valence-corrected chi connectivity index (χ2v) is 7.20. The zero-order valence-corrected chi connectivity index (χ0v) is 13.0. The number of alkyl halides is 1. The Bertz CT molecular complexity index is 257. The smallest absolute Gasteiger partial charge is 0.225 e. The van der Waals surface area contributed by atoms with E-state index in [9.17, 15) is 4.79 Å². The number of nitrogens with one attached hydrogen (secondary N) is 1. The fraction of sp³-hybridized carbons (Fsp3) is 0.929. The Morgan fingerprint density at radius 1 is 1.35 bits per heavy atom. The lowest BCUT2D eigenvalue weighted by Crippen LogP contribution is -2.41. The van der Waals surface area contributed by atoms with Gasteiger partial charge in [-0.25, -0.2) is 0 Å². The van der Waals surface area contributed by atoms with Crippen LogP contribution in [-0.4, -0.2) is 17.8 Å². The molecule has 0 saturated heterocycles. The molecule has 1 rings (SSSR count). The van der Waals surface area contributed by atoms with E-state index < -0.39 is 0 Å². The zero-order valence-electron chi connectivity index (χ0n) is 11.4. The number of rotatable bonds is 6. The first-order valence-corrected chi connectivity index (χ1v) is 7.86. The molecule has 3 heteroatoms. The molecule has 1 amide bonds. The lowest BCUT2D eigenvalue weighted by atomic mass is 9.85. The summed E-state index contributed by atoms with van der Waals surface area (Å²) in [6.07, 6.45) is 6.84. The largest absolute Gasteiger partial charge is 0.355 e. The number of hydrogen-bond acceptors (Lipinski definition) is 1. The van der Waals surface area contributed by atoms with Crippen LogP contribution < -0.4 is 5.32 Å². The molecule has 17 heavy (non-hydrogen) atoms. The highest BCUT2D eigenvalue weighted by Crippen LogP contribution is 2.37. The van der Waals surface area contributed by atoms with Crippen molar-refractivity contribution in [2.45, 2.75) is 59.3 Å². The van der Waals surface area contributed by atoms with E-state index in [1.54, 1.807) is 0 Å². The Kier molecular flexibility index (Phi) is 5.49.